The zero-order valence-corrected chi connectivity index (χ0v) is 13.1. The third kappa shape index (κ3) is 3.69. The van der Waals surface area contributed by atoms with Crippen LogP contribution in [-0.4, -0.2) is 52.9 Å². The molecule has 0 aliphatic heterocycles. The van der Waals surface area contributed by atoms with Crippen LogP contribution >= 0.6 is 0 Å². The summed E-state index contributed by atoms with van der Waals surface area (Å²) in [7, 11) is 0. The molecular formula is C12H10F12O3. The van der Waals surface area contributed by atoms with E-state index in [4.69, 9.17) is 5.11 Å². The number of ether oxygens (including phenoxy) is 1. The maximum atomic E-state index is 13.4. The molecule has 0 heterocycles. The minimum Gasteiger partial charge on any atom is -0.426 e. The van der Waals surface area contributed by atoms with E-state index in [1.807, 2.05) is 0 Å². The first-order valence-corrected chi connectivity index (χ1v) is 6.31. The summed E-state index contributed by atoms with van der Waals surface area (Å²) in [5.74, 6) is -45.3. The van der Waals surface area contributed by atoms with Crippen LogP contribution < -0.4 is 0 Å². The average Bonchev–Trinajstić information content (AvgIpc) is 2.44. The largest absolute Gasteiger partial charge is 0.426 e. The lowest BCUT2D eigenvalue weighted by atomic mass is 9.91. The SMILES string of the molecule is C=C(C)C(=O)OC(O)C(F)(F)C(F)(F)C(F)(F)C(F)(F)C(F)(F)C(C)(F)F. The molecule has 0 fully saturated rings. The van der Waals surface area contributed by atoms with Crippen LogP contribution in [-0.2, 0) is 9.53 Å². The molecule has 0 spiro atoms. The van der Waals surface area contributed by atoms with Crippen LogP contribution in [0.5, 0.6) is 0 Å². The van der Waals surface area contributed by atoms with Gasteiger partial charge in [-0.2, -0.15) is 52.7 Å². The number of halogens is 12. The van der Waals surface area contributed by atoms with Crippen molar-refractivity contribution in [1.82, 2.24) is 0 Å². The minimum atomic E-state index is -7.84. The van der Waals surface area contributed by atoms with Crippen LogP contribution in [0.25, 0.3) is 0 Å². The molecule has 0 radical (unpaired) electrons. The zero-order valence-electron chi connectivity index (χ0n) is 13.1. The molecule has 0 rings (SSSR count). The van der Waals surface area contributed by atoms with Gasteiger partial charge in [0.1, 0.15) is 0 Å². The van der Waals surface area contributed by atoms with Gasteiger partial charge < -0.3 is 9.84 Å². The summed E-state index contributed by atoms with van der Waals surface area (Å²) in [6.07, 6.45) is -4.55. The standard InChI is InChI=1S/C12H10F12O3/c1-4(2)5(25)27-6(26)8(15,16)10(19,20)12(23,24)11(21,22)9(17,18)7(3,13)14/h6,26H,1H2,2-3H3. The number of aliphatic hydroxyl groups is 1. The van der Waals surface area contributed by atoms with Crippen molar-refractivity contribution < 1.29 is 67.3 Å². The van der Waals surface area contributed by atoms with Crippen LogP contribution in [0.3, 0.4) is 0 Å². The van der Waals surface area contributed by atoms with Gasteiger partial charge in [-0.25, -0.2) is 4.79 Å². The molecule has 1 N–H and O–H groups in total. The Hall–Kier alpha value is -1.67. The Kier molecular flexibility index (Phi) is 6.32. The molecule has 1 atom stereocenters. The molecule has 1 unspecified atom stereocenters. The summed E-state index contributed by atoms with van der Waals surface area (Å²) in [5.41, 5.74) is -0.845. The number of carbonyl (C=O) groups excluding carboxylic acids is 1. The maximum absolute atomic E-state index is 13.4. The van der Waals surface area contributed by atoms with Crippen LogP contribution in [0.15, 0.2) is 12.2 Å². The van der Waals surface area contributed by atoms with Crippen LogP contribution in [0.4, 0.5) is 52.7 Å². The van der Waals surface area contributed by atoms with Gasteiger partial charge in [0.15, 0.2) is 0 Å². The Morgan fingerprint density at radius 2 is 1.15 bits per heavy atom. The maximum Gasteiger partial charge on any atom is 0.385 e. The summed E-state index contributed by atoms with van der Waals surface area (Å²) in [5, 5.41) is 8.70. The summed E-state index contributed by atoms with van der Waals surface area (Å²) in [4.78, 5) is 10.8. The second kappa shape index (κ2) is 6.74. The average molecular weight is 430 g/mol. The second-order valence-corrected chi connectivity index (χ2v) is 5.35. The van der Waals surface area contributed by atoms with E-state index >= 15 is 0 Å². The molecule has 0 aromatic rings. The monoisotopic (exact) mass is 430 g/mol. The van der Waals surface area contributed by atoms with Crippen molar-refractivity contribution in [3.8, 4) is 0 Å². The van der Waals surface area contributed by atoms with Crippen molar-refractivity contribution >= 4 is 5.97 Å². The predicted octanol–water partition coefficient (Wildman–Crippen LogP) is 4.26. The first-order chi connectivity index (χ1) is 11.5. The van der Waals surface area contributed by atoms with Crippen molar-refractivity contribution in [2.24, 2.45) is 0 Å². The highest BCUT2D eigenvalue weighted by atomic mass is 19.4. The quantitative estimate of drug-likeness (QED) is 0.271. The Balaban J connectivity index is 6.22. The molecule has 0 aromatic carbocycles. The summed E-state index contributed by atoms with van der Waals surface area (Å²) in [6.45, 7) is 2.39. The summed E-state index contributed by atoms with van der Waals surface area (Å²) >= 11 is 0. The first kappa shape index (κ1) is 25.3. The normalized spacial score (nSPS) is 16.1. The van der Waals surface area contributed by atoms with E-state index in [-0.39, 0.29) is 0 Å². The minimum absolute atomic E-state index is 0.706. The van der Waals surface area contributed by atoms with Gasteiger partial charge in [0.2, 0.25) is 0 Å². The Labute approximate surface area is 142 Å². The second-order valence-electron chi connectivity index (χ2n) is 5.35. The topological polar surface area (TPSA) is 46.5 Å². The van der Waals surface area contributed by atoms with Crippen molar-refractivity contribution in [3.63, 3.8) is 0 Å². The summed E-state index contributed by atoms with van der Waals surface area (Å²) < 4.78 is 160. The highest BCUT2D eigenvalue weighted by molar-refractivity contribution is 5.87. The highest BCUT2D eigenvalue weighted by Crippen LogP contribution is 2.60. The van der Waals surface area contributed by atoms with Crippen molar-refractivity contribution in [1.29, 1.82) is 0 Å². The Bertz CT molecular complexity index is 593. The summed E-state index contributed by atoms with van der Waals surface area (Å²) in [6, 6.07) is 0. The molecule has 0 aliphatic carbocycles. The molecule has 15 heteroatoms. The molecular weight excluding hydrogens is 420 g/mol. The van der Waals surface area contributed by atoms with Gasteiger partial charge in [-0.3, -0.25) is 0 Å². The molecule has 0 aromatic heterocycles. The van der Waals surface area contributed by atoms with E-state index in [0.717, 1.165) is 0 Å². The molecule has 0 saturated carbocycles. The Morgan fingerprint density at radius 1 is 0.815 bits per heavy atom. The van der Waals surface area contributed by atoms with Gasteiger partial charge in [0.05, 0.1) is 0 Å². The van der Waals surface area contributed by atoms with Crippen molar-refractivity contribution in [3.05, 3.63) is 12.2 Å². The number of aliphatic hydroxyl groups excluding tert-OH is 1. The van der Waals surface area contributed by atoms with Crippen LogP contribution in [0.2, 0.25) is 0 Å². The fraction of sp³-hybridized carbons (Fsp3) is 0.750. The molecule has 160 valence electrons. The van der Waals surface area contributed by atoms with Gasteiger partial charge in [-0.1, -0.05) is 6.58 Å². The number of alkyl halides is 12. The number of rotatable bonds is 8. The fourth-order valence-corrected chi connectivity index (χ4v) is 1.31. The molecule has 0 amide bonds. The van der Waals surface area contributed by atoms with Gasteiger partial charge in [-0.15, -0.1) is 0 Å². The van der Waals surface area contributed by atoms with Crippen LogP contribution in [0.1, 0.15) is 13.8 Å². The lowest BCUT2D eigenvalue weighted by Gasteiger charge is -2.41. The number of hydrogen-bond acceptors (Lipinski definition) is 3. The fourth-order valence-electron chi connectivity index (χ4n) is 1.31. The predicted molar refractivity (Wildman–Crippen MR) is 62.3 cm³/mol. The molecule has 3 nitrogen and oxygen atoms in total. The van der Waals surface area contributed by atoms with E-state index in [9.17, 15) is 57.5 Å². The number of carbonyl (C=O) groups is 1. The molecule has 0 saturated heterocycles. The van der Waals surface area contributed by atoms with E-state index < -0.39 is 60.3 Å². The van der Waals surface area contributed by atoms with E-state index in [1.165, 1.54) is 0 Å². The number of hydrogen-bond donors (Lipinski definition) is 1. The van der Waals surface area contributed by atoms with Gasteiger partial charge in [0, 0.05) is 12.5 Å². The Morgan fingerprint density at radius 3 is 1.44 bits per heavy atom. The van der Waals surface area contributed by atoms with E-state index in [2.05, 4.69) is 11.3 Å². The van der Waals surface area contributed by atoms with Gasteiger partial charge in [0.25, 0.3) is 6.29 Å². The van der Waals surface area contributed by atoms with Gasteiger partial charge in [-0.05, 0) is 6.92 Å². The van der Waals surface area contributed by atoms with Crippen molar-refractivity contribution in [2.75, 3.05) is 0 Å². The zero-order chi connectivity index (χ0) is 22.4. The lowest BCUT2D eigenvalue weighted by Crippen LogP contribution is -2.72. The first-order valence-electron chi connectivity index (χ1n) is 6.31. The third-order valence-electron chi connectivity index (χ3n) is 3.03. The lowest BCUT2D eigenvalue weighted by molar-refractivity contribution is -0.437. The van der Waals surface area contributed by atoms with Crippen molar-refractivity contribution in [2.45, 2.75) is 55.7 Å². The molecule has 27 heavy (non-hydrogen) atoms. The van der Waals surface area contributed by atoms with E-state index in [1.54, 1.807) is 0 Å². The molecule has 0 bridgehead atoms. The number of esters is 1. The third-order valence-corrected chi connectivity index (χ3v) is 3.03. The van der Waals surface area contributed by atoms with E-state index in [0.29, 0.717) is 6.92 Å². The highest BCUT2D eigenvalue weighted by Gasteiger charge is 2.90. The smallest absolute Gasteiger partial charge is 0.385 e. The van der Waals surface area contributed by atoms with Gasteiger partial charge >= 0.3 is 41.5 Å². The molecule has 0 aliphatic rings. The van der Waals surface area contributed by atoms with Crippen LogP contribution in [0, 0.1) is 0 Å².